The smallest absolute Gasteiger partial charge is 0.306 e. The number of carbonyl (C=O) groups excluding carboxylic acids is 2. The average molecular weight is 908 g/mol. The second-order valence-corrected chi connectivity index (χ2v) is 19.2. The number of aliphatic hydroxyl groups is 2. The SMILES string of the molecule is CCCCC/C=C\C[C@H](O)/C=C/C=C/C=C\[C@H](O)CCCC(=O)O[C@H](COC(=O)CCCCCCCCCCc1oc(CCCCC)c(C)c1C)COP(=O)([O-])OCC[N+](C)(C)C. The molecule has 13 heteroatoms. The Hall–Kier alpha value is -2.83. The van der Waals surface area contributed by atoms with Crippen LogP contribution in [0.2, 0.25) is 0 Å². The van der Waals surface area contributed by atoms with E-state index in [0.717, 1.165) is 75.7 Å². The van der Waals surface area contributed by atoms with E-state index in [1.807, 2.05) is 27.2 Å². The first-order chi connectivity index (χ1) is 30.1. The number of phosphoric ester groups is 1. The summed E-state index contributed by atoms with van der Waals surface area (Å²) < 4.78 is 40.0. The highest BCUT2D eigenvalue weighted by atomic mass is 31.2. The van der Waals surface area contributed by atoms with Crippen LogP contribution in [0.4, 0.5) is 0 Å². The molecule has 1 heterocycles. The summed E-state index contributed by atoms with van der Waals surface area (Å²) in [4.78, 5) is 37.8. The van der Waals surface area contributed by atoms with Gasteiger partial charge in [0.1, 0.15) is 31.3 Å². The van der Waals surface area contributed by atoms with Gasteiger partial charge in [0.25, 0.3) is 7.82 Å². The zero-order valence-corrected chi connectivity index (χ0v) is 41.1. The van der Waals surface area contributed by atoms with Crippen molar-refractivity contribution < 1.29 is 56.7 Å². The van der Waals surface area contributed by atoms with E-state index in [9.17, 15) is 29.3 Å². The highest BCUT2D eigenvalue weighted by molar-refractivity contribution is 7.45. The van der Waals surface area contributed by atoms with Crippen LogP contribution in [-0.2, 0) is 45.5 Å². The minimum atomic E-state index is -4.71. The minimum Gasteiger partial charge on any atom is -0.756 e. The van der Waals surface area contributed by atoms with Gasteiger partial charge in [0.2, 0.25) is 0 Å². The number of hydrogen-bond acceptors (Lipinski definition) is 11. The zero-order valence-electron chi connectivity index (χ0n) is 40.2. The number of aliphatic hydroxyl groups excluding tert-OH is 2. The topological polar surface area (TPSA) is 165 Å². The Bertz CT molecular complexity index is 1530. The highest BCUT2D eigenvalue weighted by Crippen LogP contribution is 2.38. The summed E-state index contributed by atoms with van der Waals surface area (Å²) in [7, 11) is 0.984. The average Bonchev–Trinajstić information content (AvgIpc) is 3.49. The lowest BCUT2D eigenvalue weighted by Gasteiger charge is -2.28. The number of furan rings is 1. The van der Waals surface area contributed by atoms with E-state index in [0.29, 0.717) is 30.3 Å². The van der Waals surface area contributed by atoms with Gasteiger partial charge < -0.3 is 42.5 Å². The Morgan fingerprint density at radius 1 is 0.698 bits per heavy atom. The van der Waals surface area contributed by atoms with Crippen LogP contribution < -0.4 is 4.89 Å². The molecule has 0 aliphatic rings. The molecule has 2 N–H and O–H groups in total. The molecule has 0 aliphatic heterocycles. The van der Waals surface area contributed by atoms with Crippen molar-refractivity contribution in [1.82, 2.24) is 0 Å². The van der Waals surface area contributed by atoms with E-state index in [1.165, 1.54) is 49.7 Å². The first-order valence-electron chi connectivity index (χ1n) is 23.9. The maximum Gasteiger partial charge on any atom is 0.306 e. The number of ether oxygens (including phenoxy) is 2. The molecule has 0 aliphatic carbocycles. The maximum atomic E-state index is 12.7. The summed E-state index contributed by atoms with van der Waals surface area (Å²) in [6.45, 7) is 8.16. The van der Waals surface area contributed by atoms with Crippen LogP contribution in [0.15, 0.2) is 53.0 Å². The molecule has 0 saturated heterocycles. The van der Waals surface area contributed by atoms with Gasteiger partial charge in [-0.05, 0) is 76.3 Å². The molecule has 0 saturated carbocycles. The van der Waals surface area contributed by atoms with Crippen molar-refractivity contribution in [2.75, 3.05) is 47.5 Å². The molecule has 1 aromatic heterocycles. The molecular formula is C50H86NO11P. The first kappa shape index (κ1) is 58.2. The molecule has 362 valence electrons. The Labute approximate surface area is 381 Å². The van der Waals surface area contributed by atoms with Crippen molar-refractivity contribution >= 4 is 19.8 Å². The number of quaternary nitrogens is 1. The van der Waals surface area contributed by atoms with Crippen LogP contribution in [0.1, 0.15) is 165 Å². The second kappa shape index (κ2) is 35.4. The van der Waals surface area contributed by atoms with Gasteiger partial charge in [-0.1, -0.05) is 127 Å². The maximum absolute atomic E-state index is 12.7. The fraction of sp³-hybridized carbons (Fsp3) is 0.720. The Balaban J connectivity index is 2.45. The zero-order chi connectivity index (χ0) is 46.8. The monoisotopic (exact) mass is 908 g/mol. The van der Waals surface area contributed by atoms with Crippen molar-refractivity contribution in [3.63, 3.8) is 0 Å². The van der Waals surface area contributed by atoms with Gasteiger partial charge in [-0.25, -0.2) is 0 Å². The number of hydrogen-bond donors (Lipinski definition) is 2. The van der Waals surface area contributed by atoms with Crippen LogP contribution >= 0.6 is 7.82 Å². The minimum absolute atomic E-state index is 0.0444. The van der Waals surface area contributed by atoms with Crippen LogP contribution in [-0.4, -0.2) is 92.5 Å². The highest BCUT2D eigenvalue weighted by Gasteiger charge is 2.22. The number of esters is 2. The lowest BCUT2D eigenvalue weighted by atomic mass is 10.0. The third-order valence-corrected chi connectivity index (χ3v) is 11.7. The van der Waals surface area contributed by atoms with Gasteiger partial charge >= 0.3 is 11.9 Å². The van der Waals surface area contributed by atoms with Gasteiger partial charge in [-0.15, -0.1) is 0 Å². The number of aryl methyl sites for hydroxylation is 2. The van der Waals surface area contributed by atoms with E-state index >= 15 is 0 Å². The predicted molar refractivity (Wildman–Crippen MR) is 251 cm³/mol. The van der Waals surface area contributed by atoms with Crippen molar-refractivity contribution in [2.24, 2.45) is 0 Å². The lowest BCUT2D eigenvalue weighted by molar-refractivity contribution is -0.870. The summed E-state index contributed by atoms with van der Waals surface area (Å²) in [5.41, 5.74) is 2.63. The molecule has 1 unspecified atom stereocenters. The Kier molecular flexibility index (Phi) is 32.7. The standard InChI is InChI=1S/C50H86NO11P/c1-8-10-12-13-18-24-30-44(52)31-25-21-22-26-32-45(53)33-29-37-50(55)61-46(41-60-63(56,57)59-39-38-51(5,6)7)40-58-49(54)36-28-20-17-15-14-16-19-27-35-48-43(4)42(3)47(62-48)34-23-11-9-2/h18,21-22,24-26,31-32,44-46,52-53H,8-17,19-20,23,27-30,33-41H2,1-7H3/b22-21+,24-18-,31-25+,32-26-/t44-,45-,46+/m0/s1. The van der Waals surface area contributed by atoms with E-state index in [2.05, 4.69) is 33.8 Å². The van der Waals surface area contributed by atoms with Gasteiger partial charge in [0.05, 0.1) is 40.0 Å². The van der Waals surface area contributed by atoms with Gasteiger partial charge in [-0.3, -0.25) is 14.2 Å². The number of nitrogens with zero attached hydrogens (tertiary/aromatic N) is 1. The van der Waals surface area contributed by atoms with Crippen LogP contribution in [0.3, 0.4) is 0 Å². The summed E-state index contributed by atoms with van der Waals surface area (Å²) in [6.07, 6.45) is 31.6. The van der Waals surface area contributed by atoms with Crippen LogP contribution in [0.5, 0.6) is 0 Å². The summed E-state index contributed by atoms with van der Waals surface area (Å²) in [5.74, 6) is 1.21. The van der Waals surface area contributed by atoms with Crippen molar-refractivity contribution in [3.8, 4) is 0 Å². The molecule has 1 aromatic rings. The van der Waals surface area contributed by atoms with E-state index in [-0.39, 0.29) is 32.5 Å². The number of unbranched alkanes of at least 4 members (excludes halogenated alkanes) is 12. The summed E-state index contributed by atoms with van der Waals surface area (Å²) in [5, 5.41) is 20.4. The first-order valence-corrected chi connectivity index (χ1v) is 25.4. The quantitative estimate of drug-likeness (QED) is 0.0161. The molecule has 0 bridgehead atoms. The molecule has 1 rings (SSSR count). The van der Waals surface area contributed by atoms with Crippen LogP contribution in [0.25, 0.3) is 0 Å². The molecule has 0 radical (unpaired) electrons. The van der Waals surface area contributed by atoms with Crippen molar-refractivity contribution in [2.45, 2.75) is 187 Å². The summed E-state index contributed by atoms with van der Waals surface area (Å²) in [6, 6.07) is 0. The molecule has 0 aromatic carbocycles. The molecule has 12 nitrogen and oxygen atoms in total. The Morgan fingerprint density at radius 3 is 1.87 bits per heavy atom. The largest absolute Gasteiger partial charge is 0.756 e. The second-order valence-electron chi connectivity index (χ2n) is 17.8. The fourth-order valence-electron chi connectivity index (χ4n) is 6.61. The van der Waals surface area contributed by atoms with Gasteiger partial charge in [0.15, 0.2) is 6.10 Å². The normalized spacial score (nSPS) is 14.9. The molecule has 0 fully saturated rings. The third-order valence-electron chi connectivity index (χ3n) is 10.7. The van der Waals surface area contributed by atoms with Crippen LogP contribution in [0, 0.1) is 13.8 Å². The third kappa shape index (κ3) is 32.5. The van der Waals surface area contributed by atoms with Crippen molar-refractivity contribution in [3.05, 3.63) is 71.3 Å². The fourth-order valence-corrected chi connectivity index (χ4v) is 7.34. The number of likely N-dealkylation sites (N-methyl/N-ethyl adjacent to an activating group) is 1. The van der Waals surface area contributed by atoms with E-state index in [1.54, 1.807) is 36.5 Å². The molecule has 4 atom stereocenters. The summed E-state index contributed by atoms with van der Waals surface area (Å²) >= 11 is 0. The Morgan fingerprint density at radius 2 is 1.25 bits per heavy atom. The van der Waals surface area contributed by atoms with E-state index in [4.69, 9.17) is 22.9 Å². The molecule has 0 spiro atoms. The molecule has 0 amide bonds. The van der Waals surface area contributed by atoms with Gasteiger partial charge in [-0.2, -0.15) is 0 Å². The number of phosphoric acid groups is 1. The molecular weight excluding hydrogens is 822 g/mol. The van der Waals surface area contributed by atoms with E-state index < -0.39 is 44.7 Å². The number of allylic oxidation sites excluding steroid dienone is 5. The predicted octanol–water partition coefficient (Wildman–Crippen LogP) is 10.4. The molecule has 63 heavy (non-hydrogen) atoms. The van der Waals surface area contributed by atoms with Crippen molar-refractivity contribution in [1.29, 1.82) is 0 Å². The number of carbonyl (C=O) groups is 2. The van der Waals surface area contributed by atoms with Gasteiger partial charge in [0, 0.05) is 25.7 Å². The number of rotatable bonds is 39. The lowest BCUT2D eigenvalue weighted by Crippen LogP contribution is -2.37.